The molecule has 29 heavy (non-hydrogen) atoms. The van der Waals surface area contributed by atoms with Gasteiger partial charge in [0, 0.05) is 23.4 Å². The number of primary amides is 1. The molecule has 2 aromatic carbocycles. The van der Waals surface area contributed by atoms with Gasteiger partial charge in [-0.3, -0.25) is 9.48 Å². The van der Waals surface area contributed by atoms with Gasteiger partial charge in [0.05, 0.1) is 12.2 Å². The summed E-state index contributed by atoms with van der Waals surface area (Å²) in [6.45, 7) is 4.09. The Balaban J connectivity index is 1.87. The summed E-state index contributed by atoms with van der Waals surface area (Å²) in [6.07, 6.45) is 3.81. The average Bonchev–Trinajstić information content (AvgIpc) is 3.11. The Morgan fingerprint density at radius 1 is 1.14 bits per heavy atom. The molecule has 2 N–H and O–H groups in total. The summed E-state index contributed by atoms with van der Waals surface area (Å²) >= 11 is 0. The molecule has 0 radical (unpaired) electrons. The first-order chi connectivity index (χ1) is 13.9. The first-order valence-corrected chi connectivity index (χ1v) is 9.29. The van der Waals surface area contributed by atoms with Crippen LogP contribution in [0.5, 0.6) is 0 Å². The van der Waals surface area contributed by atoms with Crippen molar-refractivity contribution in [2.75, 3.05) is 0 Å². The van der Waals surface area contributed by atoms with Crippen molar-refractivity contribution in [3.63, 3.8) is 0 Å². The van der Waals surface area contributed by atoms with Crippen molar-refractivity contribution in [2.45, 2.75) is 26.5 Å². The topological polar surface area (TPSA) is 87.2 Å². The van der Waals surface area contributed by atoms with Crippen LogP contribution in [0.1, 0.15) is 23.6 Å². The summed E-state index contributed by atoms with van der Waals surface area (Å²) in [5.74, 6) is -1.33. The number of hydrogen-bond acceptors (Lipinski definition) is 4. The van der Waals surface area contributed by atoms with E-state index in [2.05, 4.69) is 24.3 Å². The first kappa shape index (κ1) is 20.1. The van der Waals surface area contributed by atoms with Gasteiger partial charge in [0.2, 0.25) is 0 Å². The summed E-state index contributed by atoms with van der Waals surface area (Å²) < 4.78 is 6.80. The monoisotopic (exact) mass is 389 g/mol. The fourth-order valence-electron chi connectivity index (χ4n) is 2.77. The highest BCUT2D eigenvalue weighted by Crippen LogP contribution is 2.23. The Morgan fingerprint density at radius 3 is 2.48 bits per heavy atom. The quantitative estimate of drug-likeness (QED) is 0.496. The summed E-state index contributed by atoms with van der Waals surface area (Å²) in [4.78, 5) is 23.0. The van der Waals surface area contributed by atoms with E-state index < -0.39 is 18.0 Å². The summed E-state index contributed by atoms with van der Waals surface area (Å²) in [7, 11) is 0. The van der Waals surface area contributed by atoms with Crippen molar-refractivity contribution < 1.29 is 14.3 Å². The predicted octanol–water partition coefficient (Wildman–Crippen LogP) is 3.34. The number of nitrogens with two attached hydrogens (primary N) is 1. The molecule has 0 saturated heterocycles. The zero-order valence-corrected chi connectivity index (χ0v) is 16.4. The molecular formula is C23H23N3O3. The highest BCUT2D eigenvalue weighted by molar-refractivity contribution is 5.91. The number of carbonyl (C=O) groups is 2. The van der Waals surface area contributed by atoms with Gasteiger partial charge in [-0.2, -0.15) is 5.10 Å². The highest BCUT2D eigenvalue weighted by Gasteiger charge is 2.14. The van der Waals surface area contributed by atoms with E-state index >= 15 is 0 Å². The maximum absolute atomic E-state index is 12.0. The van der Waals surface area contributed by atoms with E-state index in [1.54, 1.807) is 6.08 Å². The lowest BCUT2D eigenvalue weighted by Gasteiger charge is -2.06. The van der Waals surface area contributed by atoms with Gasteiger partial charge in [-0.15, -0.1) is 0 Å². The molecule has 148 valence electrons. The van der Waals surface area contributed by atoms with Gasteiger partial charge in [-0.25, -0.2) is 4.79 Å². The maximum atomic E-state index is 12.0. The second kappa shape index (κ2) is 9.01. The number of benzene rings is 2. The number of aryl methyl sites for hydroxylation is 1. The van der Waals surface area contributed by atoms with E-state index in [4.69, 9.17) is 15.6 Å². The van der Waals surface area contributed by atoms with Crippen molar-refractivity contribution in [3.8, 4) is 11.3 Å². The van der Waals surface area contributed by atoms with Crippen LogP contribution < -0.4 is 5.73 Å². The van der Waals surface area contributed by atoms with E-state index in [0.717, 1.165) is 22.4 Å². The lowest BCUT2D eigenvalue weighted by atomic mass is 10.1. The van der Waals surface area contributed by atoms with Gasteiger partial charge >= 0.3 is 5.97 Å². The van der Waals surface area contributed by atoms with Gasteiger partial charge < -0.3 is 10.5 Å². The molecule has 0 aliphatic heterocycles. The third kappa shape index (κ3) is 5.42. The predicted molar refractivity (Wildman–Crippen MR) is 112 cm³/mol. The van der Waals surface area contributed by atoms with E-state index in [9.17, 15) is 9.59 Å². The number of carbonyl (C=O) groups excluding carboxylic acids is 2. The van der Waals surface area contributed by atoms with E-state index in [-0.39, 0.29) is 0 Å². The molecule has 6 heteroatoms. The molecule has 0 aliphatic carbocycles. The Morgan fingerprint density at radius 2 is 1.83 bits per heavy atom. The number of aromatic nitrogens is 2. The second-order valence-electron chi connectivity index (χ2n) is 6.80. The van der Waals surface area contributed by atoms with Crippen molar-refractivity contribution in [3.05, 3.63) is 83.6 Å². The zero-order chi connectivity index (χ0) is 20.8. The number of ether oxygens (including phenoxy) is 1. The molecule has 1 amide bonds. The average molecular weight is 389 g/mol. The third-order valence-corrected chi connectivity index (χ3v) is 4.39. The smallest absolute Gasteiger partial charge is 0.331 e. The number of rotatable bonds is 7. The number of esters is 1. The van der Waals surface area contributed by atoms with Crippen LogP contribution in [0.3, 0.4) is 0 Å². The molecule has 6 nitrogen and oxygen atoms in total. The number of hydrogen-bond donors (Lipinski definition) is 1. The molecule has 0 bridgehead atoms. The molecule has 0 unspecified atom stereocenters. The maximum Gasteiger partial charge on any atom is 0.331 e. The molecule has 1 atom stereocenters. The van der Waals surface area contributed by atoms with Crippen molar-refractivity contribution in [1.29, 1.82) is 0 Å². The minimum atomic E-state index is -0.981. The minimum absolute atomic E-state index is 0.608. The van der Waals surface area contributed by atoms with Crippen LogP contribution in [0, 0.1) is 6.92 Å². The summed E-state index contributed by atoms with van der Waals surface area (Å²) in [5, 5.41) is 4.70. The molecule has 1 aromatic heterocycles. The highest BCUT2D eigenvalue weighted by atomic mass is 16.5. The van der Waals surface area contributed by atoms with Crippen LogP contribution in [0.2, 0.25) is 0 Å². The van der Waals surface area contributed by atoms with Gasteiger partial charge in [-0.05, 0) is 25.5 Å². The van der Waals surface area contributed by atoms with Crippen LogP contribution in [0.15, 0.2) is 66.9 Å². The standard InChI is InChI=1S/C23H23N3O3/c1-16-8-10-18(11-9-16)14-26-15-20(12-13-21(27)29-17(2)23(24)28)22(25-26)19-6-4-3-5-7-19/h3-13,15,17H,14H2,1-2H3,(H2,24,28)/b13-12+/t17-/m1/s1. The van der Waals surface area contributed by atoms with Gasteiger partial charge in [-0.1, -0.05) is 60.2 Å². The Labute approximate surface area is 169 Å². The lowest BCUT2D eigenvalue weighted by molar-refractivity contribution is -0.148. The Hall–Kier alpha value is -3.67. The van der Waals surface area contributed by atoms with Crippen LogP contribution in [-0.4, -0.2) is 27.8 Å². The summed E-state index contributed by atoms with van der Waals surface area (Å²) in [6, 6.07) is 18.0. The lowest BCUT2D eigenvalue weighted by Crippen LogP contribution is -2.29. The normalized spacial score (nSPS) is 12.1. The molecule has 3 rings (SSSR count). The fourth-order valence-corrected chi connectivity index (χ4v) is 2.77. The Bertz CT molecular complexity index is 1020. The van der Waals surface area contributed by atoms with E-state index in [1.165, 1.54) is 18.6 Å². The second-order valence-corrected chi connectivity index (χ2v) is 6.80. The van der Waals surface area contributed by atoms with Crippen molar-refractivity contribution >= 4 is 18.0 Å². The van der Waals surface area contributed by atoms with Crippen LogP contribution in [-0.2, 0) is 20.9 Å². The SMILES string of the molecule is Cc1ccc(Cn2cc(/C=C/C(=O)O[C@H](C)C(N)=O)c(-c3ccccc3)n2)cc1. The number of amides is 1. The van der Waals surface area contributed by atoms with E-state index in [1.807, 2.05) is 48.1 Å². The van der Waals surface area contributed by atoms with E-state index in [0.29, 0.717) is 6.54 Å². The molecule has 0 fully saturated rings. The fraction of sp³-hybridized carbons (Fsp3) is 0.174. The zero-order valence-electron chi connectivity index (χ0n) is 16.4. The molecule has 3 aromatic rings. The largest absolute Gasteiger partial charge is 0.449 e. The number of nitrogens with zero attached hydrogens (tertiary/aromatic N) is 2. The van der Waals surface area contributed by atoms with Crippen molar-refractivity contribution in [2.24, 2.45) is 5.73 Å². The Kier molecular flexibility index (Phi) is 6.24. The molecular weight excluding hydrogens is 366 g/mol. The van der Waals surface area contributed by atoms with Gasteiger partial charge in [0.15, 0.2) is 6.10 Å². The first-order valence-electron chi connectivity index (χ1n) is 9.29. The molecule has 0 spiro atoms. The molecule has 1 heterocycles. The van der Waals surface area contributed by atoms with Crippen LogP contribution in [0.25, 0.3) is 17.3 Å². The minimum Gasteiger partial charge on any atom is -0.449 e. The van der Waals surface area contributed by atoms with Crippen LogP contribution >= 0.6 is 0 Å². The molecule has 0 saturated carbocycles. The summed E-state index contributed by atoms with van der Waals surface area (Å²) in [5.41, 5.74) is 9.92. The van der Waals surface area contributed by atoms with Gasteiger partial charge in [0.25, 0.3) is 5.91 Å². The van der Waals surface area contributed by atoms with Crippen LogP contribution in [0.4, 0.5) is 0 Å². The van der Waals surface area contributed by atoms with Crippen molar-refractivity contribution in [1.82, 2.24) is 9.78 Å². The molecule has 0 aliphatic rings. The third-order valence-electron chi connectivity index (χ3n) is 4.39. The van der Waals surface area contributed by atoms with Gasteiger partial charge in [0.1, 0.15) is 0 Å².